The predicted molar refractivity (Wildman–Crippen MR) is 100 cm³/mol. The van der Waals surface area contributed by atoms with Crippen molar-refractivity contribution in [3.8, 4) is 40.8 Å². The number of fused-ring (bicyclic) bond motifs is 1. The van der Waals surface area contributed by atoms with E-state index >= 15 is 0 Å². The number of nitrogens with zero attached hydrogens (tertiary/aromatic N) is 4. The Kier molecular flexibility index (Phi) is 5.19. The number of rotatable bonds is 6. The van der Waals surface area contributed by atoms with Crippen molar-refractivity contribution in [2.24, 2.45) is 0 Å². The number of hydrogen-bond donors (Lipinski definition) is 0. The monoisotopic (exact) mass is 370 g/mol. The second kappa shape index (κ2) is 7.54. The number of terminal acetylenes is 1. The number of hydrogen-bond acceptors (Lipinski definition) is 7. The van der Waals surface area contributed by atoms with Gasteiger partial charge in [-0.1, -0.05) is 17.7 Å². The van der Waals surface area contributed by atoms with Gasteiger partial charge in [0.2, 0.25) is 5.16 Å². The van der Waals surface area contributed by atoms with E-state index in [0.29, 0.717) is 33.9 Å². The Morgan fingerprint density at radius 2 is 1.77 bits per heavy atom. The van der Waals surface area contributed by atoms with Crippen LogP contribution in [-0.2, 0) is 0 Å². The van der Waals surface area contributed by atoms with Gasteiger partial charge in [0.05, 0.1) is 38.3 Å². The molecule has 3 aromatic rings. The lowest BCUT2D eigenvalue weighted by Crippen LogP contribution is -2.02. The maximum absolute atomic E-state index is 5.57. The molecule has 0 spiro atoms. The van der Waals surface area contributed by atoms with Gasteiger partial charge in [-0.25, -0.2) is 4.98 Å². The van der Waals surface area contributed by atoms with E-state index in [-0.39, 0.29) is 0 Å². The molecule has 0 saturated heterocycles. The van der Waals surface area contributed by atoms with Crippen LogP contribution in [0.15, 0.2) is 23.4 Å². The SMILES string of the molecule is C#CCSc1nc2nc(C)cc(-c3c(OC)cc(OC)cc3OC)n2n1. The van der Waals surface area contributed by atoms with E-state index in [9.17, 15) is 0 Å². The van der Waals surface area contributed by atoms with E-state index in [1.807, 2.05) is 13.0 Å². The number of ether oxygens (including phenoxy) is 3. The molecule has 8 heteroatoms. The quantitative estimate of drug-likeness (QED) is 0.488. The second-order valence-electron chi connectivity index (χ2n) is 5.29. The highest BCUT2D eigenvalue weighted by atomic mass is 32.2. The molecule has 0 radical (unpaired) electrons. The predicted octanol–water partition coefficient (Wildman–Crippen LogP) is 2.85. The molecular weight excluding hydrogens is 352 g/mol. The zero-order valence-electron chi connectivity index (χ0n) is 14.9. The van der Waals surface area contributed by atoms with Gasteiger partial charge in [-0.05, 0) is 13.0 Å². The lowest BCUT2D eigenvalue weighted by molar-refractivity contribution is 0.377. The highest BCUT2D eigenvalue weighted by Gasteiger charge is 2.20. The zero-order chi connectivity index (χ0) is 18.7. The van der Waals surface area contributed by atoms with Crippen LogP contribution in [0.1, 0.15) is 5.69 Å². The zero-order valence-corrected chi connectivity index (χ0v) is 15.8. The fourth-order valence-corrected chi connectivity index (χ4v) is 3.07. The van der Waals surface area contributed by atoms with Crippen molar-refractivity contribution in [3.05, 3.63) is 23.9 Å². The molecule has 0 N–H and O–H groups in total. The molecular formula is C18H18N4O3S. The van der Waals surface area contributed by atoms with Gasteiger partial charge in [-0.15, -0.1) is 11.5 Å². The topological polar surface area (TPSA) is 70.8 Å². The Bertz CT molecular complexity index is 969. The summed E-state index contributed by atoms with van der Waals surface area (Å²) in [6.07, 6.45) is 5.33. The number of aromatic nitrogens is 4. The van der Waals surface area contributed by atoms with Crippen LogP contribution in [0, 0.1) is 19.3 Å². The molecule has 0 bridgehead atoms. The fraction of sp³-hybridized carbons (Fsp3) is 0.278. The number of aryl methyl sites for hydroxylation is 1. The van der Waals surface area contributed by atoms with E-state index in [0.717, 1.165) is 17.0 Å². The van der Waals surface area contributed by atoms with Crippen molar-refractivity contribution in [1.82, 2.24) is 19.6 Å². The molecule has 0 aliphatic carbocycles. The summed E-state index contributed by atoms with van der Waals surface area (Å²) in [6.45, 7) is 1.90. The minimum Gasteiger partial charge on any atom is -0.496 e. The van der Waals surface area contributed by atoms with Gasteiger partial charge >= 0.3 is 0 Å². The molecule has 0 amide bonds. The van der Waals surface area contributed by atoms with Gasteiger partial charge < -0.3 is 14.2 Å². The number of thioether (sulfide) groups is 1. The normalized spacial score (nSPS) is 10.6. The van der Waals surface area contributed by atoms with Crippen LogP contribution in [0.4, 0.5) is 0 Å². The Balaban J connectivity index is 2.28. The maximum Gasteiger partial charge on any atom is 0.253 e. The van der Waals surface area contributed by atoms with Crippen LogP contribution in [-0.4, -0.2) is 46.7 Å². The van der Waals surface area contributed by atoms with Crippen molar-refractivity contribution >= 4 is 17.5 Å². The van der Waals surface area contributed by atoms with Crippen LogP contribution >= 0.6 is 11.8 Å². The Labute approximate surface area is 155 Å². The summed E-state index contributed by atoms with van der Waals surface area (Å²) in [5.41, 5.74) is 2.29. The van der Waals surface area contributed by atoms with Crippen molar-refractivity contribution in [2.75, 3.05) is 27.1 Å². The summed E-state index contributed by atoms with van der Waals surface area (Å²) in [5.74, 6) is 5.37. The lowest BCUT2D eigenvalue weighted by atomic mass is 10.1. The van der Waals surface area contributed by atoms with E-state index < -0.39 is 0 Å². The summed E-state index contributed by atoms with van der Waals surface area (Å²) in [4.78, 5) is 8.90. The lowest BCUT2D eigenvalue weighted by Gasteiger charge is -2.16. The standard InChI is InChI=1S/C18H18N4O3S/c1-6-7-26-18-20-17-19-11(2)8-13(22(17)21-18)16-14(24-4)9-12(23-3)10-15(16)25-5/h1,8-10H,7H2,2-5H3. The van der Waals surface area contributed by atoms with Gasteiger partial charge in [0.1, 0.15) is 17.2 Å². The number of benzene rings is 1. The summed E-state index contributed by atoms with van der Waals surface area (Å²) in [7, 11) is 4.78. The third-order valence-corrected chi connectivity index (χ3v) is 4.42. The molecule has 0 fully saturated rings. The summed E-state index contributed by atoms with van der Waals surface area (Å²) in [5, 5.41) is 5.09. The van der Waals surface area contributed by atoms with Crippen molar-refractivity contribution < 1.29 is 14.2 Å². The molecule has 2 aromatic heterocycles. The van der Waals surface area contributed by atoms with Gasteiger partial charge in [0, 0.05) is 17.8 Å². The van der Waals surface area contributed by atoms with Crippen LogP contribution in [0.5, 0.6) is 17.2 Å². The van der Waals surface area contributed by atoms with Crippen LogP contribution < -0.4 is 14.2 Å². The summed E-state index contributed by atoms with van der Waals surface area (Å²) < 4.78 is 18.1. The van der Waals surface area contributed by atoms with E-state index in [1.165, 1.54) is 11.8 Å². The second-order valence-corrected chi connectivity index (χ2v) is 6.23. The first-order chi connectivity index (χ1) is 12.6. The molecule has 134 valence electrons. The highest BCUT2D eigenvalue weighted by molar-refractivity contribution is 7.99. The van der Waals surface area contributed by atoms with Gasteiger partial charge in [-0.2, -0.15) is 9.50 Å². The fourth-order valence-electron chi connectivity index (χ4n) is 2.57. The third-order valence-electron chi connectivity index (χ3n) is 3.68. The molecule has 0 saturated carbocycles. The number of methoxy groups -OCH3 is 3. The first-order valence-electron chi connectivity index (χ1n) is 7.72. The highest BCUT2D eigenvalue weighted by Crippen LogP contribution is 2.41. The largest absolute Gasteiger partial charge is 0.496 e. The molecule has 1 aromatic carbocycles. The summed E-state index contributed by atoms with van der Waals surface area (Å²) in [6, 6.07) is 5.50. The van der Waals surface area contributed by atoms with Gasteiger partial charge in [0.25, 0.3) is 5.78 Å². The minimum absolute atomic E-state index is 0.486. The van der Waals surface area contributed by atoms with Gasteiger partial charge in [-0.3, -0.25) is 0 Å². The van der Waals surface area contributed by atoms with Crippen molar-refractivity contribution in [2.45, 2.75) is 12.1 Å². The van der Waals surface area contributed by atoms with E-state index in [4.69, 9.17) is 20.6 Å². The Morgan fingerprint density at radius 1 is 1.08 bits per heavy atom. The van der Waals surface area contributed by atoms with Gasteiger partial charge in [0.15, 0.2) is 0 Å². The molecule has 0 unspecified atom stereocenters. The van der Waals surface area contributed by atoms with Crippen LogP contribution in [0.3, 0.4) is 0 Å². The molecule has 7 nitrogen and oxygen atoms in total. The van der Waals surface area contributed by atoms with E-state index in [2.05, 4.69) is 21.0 Å². The molecule has 2 heterocycles. The van der Waals surface area contributed by atoms with Crippen LogP contribution in [0.25, 0.3) is 17.0 Å². The minimum atomic E-state index is 0.486. The maximum atomic E-state index is 5.57. The Morgan fingerprint density at radius 3 is 2.35 bits per heavy atom. The van der Waals surface area contributed by atoms with Crippen molar-refractivity contribution in [1.29, 1.82) is 0 Å². The first kappa shape index (κ1) is 17.9. The molecule has 0 aliphatic rings. The van der Waals surface area contributed by atoms with Crippen molar-refractivity contribution in [3.63, 3.8) is 0 Å². The van der Waals surface area contributed by atoms with Crippen LogP contribution in [0.2, 0.25) is 0 Å². The average Bonchev–Trinajstić information content (AvgIpc) is 3.07. The van der Waals surface area contributed by atoms with E-state index in [1.54, 1.807) is 38.0 Å². The third kappa shape index (κ3) is 3.26. The molecule has 0 aliphatic heterocycles. The summed E-state index contributed by atoms with van der Waals surface area (Å²) >= 11 is 1.38. The molecule has 0 atom stereocenters. The average molecular weight is 370 g/mol. The Hall–Kier alpha value is -2.92. The molecule has 3 rings (SSSR count). The first-order valence-corrected chi connectivity index (χ1v) is 8.71. The molecule has 26 heavy (non-hydrogen) atoms. The smallest absolute Gasteiger partial charge is 0.253 e.